The lowest BCUT2D eigenvalue weighted by molar-refractivity contribution is 0.00871. The number of rotatable bonds is 5. The second-order valence-corrected chi connectivity index (χ2v) is 9.00. The van der Waals surface area contributed by atoms with Crippen LogP contribution in [0.3, 0.4) is 0 Å². The van der Waals surface area contributed by atoms with Crippen LogP contribution in [0.15, 0.2) is 24.3 Å². The molecule has 4 atom stereocenters. The lowest BCUT2D eigenvalue weighted by Gasteiger charge is -2.24. The molecule has 2 aliphatic heterocycles. The van der Waals surface area contributed by atoms with Gasteiger partial charge in [-0.3, -0.25) is 5.32 Å². The monoisotopic (exact) mass is 431 g/mol. The molecule has 3 aliphatic rings. The van der Waals surface area contributed by atoms with Crippen LogP contribution in [0.2, 0.25) is 0 Å². The zero-order chi connectivity index (χ0) is 21.8. The maximum absolute atomic E-state index is 12.4. The minimum atomic E-state index is -0.540. The van der Waals surface area contributed by atoms with E-state index in [0.29, 0.717) is 18.2 Å². The molecule has 0 aromatic heterocycles. The van der Waals surface area contributed by atoms with Gasteiger partial charge in [0, 0.05) is 11.7 Å². The largest absolute Gasteiger partial charge is 0.441 e. The second-order valence-electron chi connectivity index (χ2n) is 9.00. The van der Waals surface area contributed by atoms with Crippen molar-refractivity contribution in [2.75, 3.05) is 18.5 Å². The van der Waals surface area contributed by atoms with Gasteiger partial charge in [0.1, 0.15) is 12.2 Å². The molecule has 2 heterocycles. The van der Waals surface area contributed by atoms with Gasteiger partial charge in [0.05, 0.1) is 19.3 Å². The summed E-state index contributed by atoms with van der Waals surface area (Å²) >= 11 is 0. The molecule has 8 heteroatoms. The highest BCUT2D eigenvalue weighted by Gasteiger charge is 2.50. The number of amides is 3. The predicted molar refractivity (Wildman–Crippen MR) is 116 cm³/mol. The molecule has 0 bridgehead atoms. The van der Waals surface area contributed by atoms with E-state index < -0.39 is 12.2 Å². The van der Waals surface area contributed by atoms with E-state index in [1.54, 1.807) is 0 Å². The van der Waals surface area contributed by atoms with Crippen LogP contribution < -0.4 is 16.0 Å². The smallest absolute Gasteiger partial charge is 0.412 e. The molecule has 3 fully saturated rings. The van der Waals surface area contributed by atoms with E-state index in [-0.39, 0.29) is 36.9 Å². The van der Waals surface area contributed by atoms with Crippen molar-refractivity contribution < 1.29 is 23.8 Å². The van der Waals surface area contributed by atoms with Crippen molar-refractivity contribution in [1.29, 1.82) is 0 Å². The molecule has 1 aromatic carbocycles. The summed E-state index contributed by atoms with van der Waals surface area (Å²) in [6, 6.07) is 7.51. The number of carbonyl (C=O) groups is 2. The predicted octanol–water partition coefficient (Wildman–Crippen LogP) is 3.53. The third-order valence-corrected chi connectivity index (χ3v) is 6.35. The number of ether oxygens (including phenoxy) is 3. The summed E-state index contributed by atoms with van der Waals surface area (Å²) in [5.41, 5.74) is 1.88. The number of fused-ring (bicyclic) bond motifs is 1. The summed E-state index contributed by atoms with van der Waals surface area (Å²) in [4.78, 5) is 24.7. The van der Waals surface area contributed by atoms with E-state index in [1.165, 1.54) is 12.0 Å². The van der Waals surface area contributed by atoms with Crippen molar-refractivity contribution in [3.8, 4) is 0 Å². The maximum atomic E-state index is 12.4. The number of nitrogens with one attached hydrogen (secondary N) is 3. The van der Waals surface area contributed by atoms with E-state index in [4.69, 9.17) is 14.2 Å². The molecule has 1 saturated carbocycles. The zero-order valence-corrected chi connectivity index (χ0v) is 18.3. The summed E-state index contributed by atoms with van der Waals surface area (Å²) in [5, 5.41) is 8.77. The maximum Gasteiger partial charge on any atom is 0.412 e. The first-order valence-corrected chi connectivity index (χ1v) is 11.4. The number of carbonyl (C=O) groups excluding carboxylic acids is 2. The van der Waals surface area contributed by atoms with Crippen molar-refractivity contribution in [3.63, 3.8) is 0 Å². The Kier molecular flexibility index (Phi) is 6.97. The molecule has 8 nitrogen and oxygen atoms in total. The number of hydrogen-bond acceptors (Lipinski definition) is 5. The van der Waals surface area contributed by atoms with Crippen LogP contribution in [0.1, 0.15) is 57.4 Å². The van der Waals surface area contributed by atoms with E-state index >= 15 is 0 Å². The van der Waals surface area contributed by atoms with E-state index in [9.17, 15) is 9.59 Å². The summed E-state index contributed by atoms with van der Waals surface area (Å²) < 4.78 is 17.2. The van der Waals surface area contributed by atoms with E-state index in [2.05, 4.69) is 29.8 Å². The van der Waals surface area contributed by atoms with Crippen LogP contribution in [0.5, 0.6) is 0 Å². The molecule has 4 rings (SSSR count). The van der Waals surface area contributed by atoms with Gasteiger partial charge in [-0.2, -0.15) is 0 Å². The van der Waals surface area contributed by atoms with Gasteiger partial charge in [-0.25, -0.2) is 9.59 Å². The first kappa shape index (κ1) is 21.9. The molecule has 1 aromatic rings. The Labute approximate surface area is 183 Å². The Morgan fingerprint density at radius 1 is 0.968 bits per heavy atom. The number of anilines is 1. The molecule has 0 unspecified atom stereocenters. The highest BCUT2D eigenvalue weighted by molar-refractivity contribution is 5.84. The molecular formula is C23H33N3O5. The van der Waals surface area contributed by atoms with E-state index in [1.807, 2.05) is 24.3 Å². The summed E-state index contributed by atoms with van der Waals surface area (Å²) in [7, 11) is 0. The average Bonchev–Trinajstić information content (AvgIpc) is 3.32. The fourth-order valence-electron chi connectivity index (χ4n) is 4.57. The van der Waals surface area contributed by atoms with Gasteiger partial charge in [0.2, 0.25) is 0 Å². The van der Waals surface area contributed by atoms with Gasteiger partial charge in [-0.15, -0.1) is 0 Å². The third kappa shape index (κ3) is 5.49. The number of benzene rings is 1. The SMILES string of the molecule is CC(C)c1ccc(NC(=O)O[C@H]2CO[C@@H]3[C@@H]2OC[C@@H]3NC(=O)NC2CCCCC2)cc1. The van der Waals surface area contributed by atoms with Crippen LogP contribution >= 0.6 is 0 Å². The molecule has 31 heavy (non-hydrogen) atoms. The van der Waals surface area contributed by atoms with Gasteiger partial charge in [-0.05, 0) is 36.5 Å². The normalized spacial score (nSPS) is 28.2. The van der Waals surface area contributed by atoms with Gasteiger partial charge in [0.25, 0.3) is 0 Å². The summed E-state index contributed by atoms with van der Waals surface area (Å²) in [5.74, 6) is 0.430. The molecule has 0 radical (unpaired) electrons. The number of hydrogen-bond donors (Lipinski definition) is 3. The Hall–Kier alpha value is -2.32. The zero-order valence-electron chi connectivity index (χ0n) is 18.3. The lowest BCUT2D eigenvalue weighted by atomic mass is 9.96. The molecule has 1 aliphatic carbocycles. The molecule has 2 saturated heterocycles. The van der Waals surface area contributed by atoms with E-state index in [0.717, 1.165) is 25.7 Å². The van der Waals surface area contributed by atoms with Crippen molar-refractivity contribution in [2.24, 2.45) is 0 Å². The lowest BCUT2D eigenvalue weighted by Crippen LogP contribution is -2.51. The molecule has 3 amide bonds. The minimum absolute atomic E-state index is 0.184. The summed E-state index contributed by atoms with van der Waals surface area (Å²) in [6.45, 7) is 4.83. The van der Waals surface area contributed by atoms with Crippen molar-refractivity contribution >= 4 is 17.8 Å². The Balaban J connectivity index is 1.24. The second kappa shape index (κ2) is 9.87. The summed E-state index contributed by atoms with van der Waals surface area (Å²) in [6.07, 6.45) is 3.88. The quantitative estimate of drug-likeness (QED) is 0.663. The molecule has 3 N–H and O–H groups in total. The third-order valence-electron chi connectivity index (χ3n) is 6.35. The molecule has 170 valence electrons. The first-order chi connectivity index (χ1) is 15.0. The number of urea groups is 1. The van der Waals surface area contributed by atoms with Crippen molar-refractivity contribution in [2.45, 2.75) is 82.3 Å². The minimum Gasteiger partial charge on any atom is -0.441 e. The molecule has 0 spiro atoms. The van der Waals surface area contributed by atoms with Gasteiger partial charge < -0.3 is 24.8 Å². The van der Waals surface area contributed by atoms with Gasteiger partial charge in [0.15, 0.2) is 6.10 Å². The fourth-order valence-corrected chi connectivity index (χ4v) is 4.57. The average molecular weight is 432 g/mol. The van der Waals surface area contributed by atoms with Gasteiger partial charge >= 0.3 is 12.1 Å². The van der Waals surface area contributed by atoms with Crippen molar-refractivity contribution in [3.05, 3.63) is 29.8 Å². The van der Waals surface area contributed by atoms with Crippen LogP contribution in [-0.4, -0.2) is 55.7 Å². The molecular weight excluding hydrogens is 398 g/mol. The Bertz CT molecular complexity index is 763. The van der Waals surface area contributed by atoms with Crippen LogP contribution in [0, 0.1) is 0 Å². The Morgan fingerprint density at radius 3 is 2.39 bits per heavy atom. The van der Waals surface area contributed by atoms with Gasteiger partial charge in [-0.1, -0.05) is 45.2 Å². The highest BCUT2D eigenvalue weighted by Crippen LogP contribution is 2.29. The first-order valence-electron chi connectivity index (χ1n) is 11.4. The fraction of sp³-hybridized carbons (Fsp3) is 0.652. The standard InChI is InChI=1S/C23H33N3O5/c1-14(2)15-8-10-17(11-9-15)25-23(28)31-19-13-30-20-18(12-29-21(19)20)26-22(27)24-16-6-4-3-5-7-16/h8-11,14,16,18-21H,3-7,12-13H2,1-2H3,(H,25,28)(H2,24,26,27)/t18-,19-,20-,21+/m0/s1. The van der Waals surface area contributed by atoms with Crippen LogP contribution in [0.25, 0.3) is 0 Å². The van der Waals surface area contributed by atoms with Crippen LogP contribution in [-0.2, 0) is 14.2 Å². The Morgan fingerprint density at radius 2 is 1.68 bits per heavy atom. The topological polar surface area (TPSA) is 97.9 Å². The highest BCUT2D eigenvalue weighted by atomic mass is 16.6. The van der Waals surface area contributed by atoms with Crippen LogP contribution in [0.4, 0.5) is 15.3 Å². The van der Waals surface area contributed by atoms with Crippen molar-refractivity contribution in [1.82, 2.24) is 10.6 Å².